The summed E-state index contributed by atoms with van der Waals surface area (Å²) >= 11 is 0. The molecule has 1 aromatic rings. The molecule has 1 unspecified atom stereocenters. The first kappa shape index (κ1) is 16.5. The summed E-state index contributed by atoms with van der Waals surface area (Å²) in [6.45, 7) is 9.25. The smallest absolute Gasteiger partial charge is 0.0765 e. The van der Waals surface area contributed by atoms with Gasteiger partial charge in [-0.3, -0.25) is 9.58 Å². The van der Waals surface area contributed by atoms with Crippen LogP contribution >= 0.6 is 0 Å². The molecule has 1 aromatic heterocycles. The molecule has 0 radical (unpaired) electrons. The fraction of sp³-hybridized carbons (Fsp3) is 0.812. The van der Waals surface area contributed by atoms with E-state index in [1.807, 2.05) is 4.68 Å². The van der Waals surface area contributed by atoms with Crippen LogP contribution in [0.4, 0.5) is 0 Å². The Morgan fingerprint density at radius 1 is 1.43 bits per heavy atom. The van der Waals surface area contributed by atoms with Crippen molar-refractivity contribution < 1.29 is 4.74 Å². The molecule has 0 aromatic carbocycles. The van der Waals surface area contributed by atoms with Gasteiger partial charge in [-0.05, 0) is 39.3 Å². The first-order valence-corrected chi connectivity index (χ1v) is 8.18. The summed E-state index contributed by atoms with van der Waals surface area (Å²) in [5.74, 6) is 0. The van der Waals surface area contributed by atoms with Crippen LogP contribution in [0.25, 0.3) is 0 Å². The minimum absolute atomic E-state index is 0.437. The average molecular weight is 294 g/mol. The van der Waals surface area contributed by atoms with Crippen LogP contribution in [-0.4, -0.2) is 54.1 Å². The summed E-state index contributed by atoms with van der Waals surface area (Å²) in [4.78, 5) is 2.58. The van der Waals surface area contributed by atoms with Crippen molar-refractivity contribution in [3.05, 3.63) is 18.0 Å². The molecule has 5 heteroatoms. The SMILES string of the molecule is COCCNCC1CCCCN1Cc1ccn(C(C)C)n1. The van der Waals surface area contributed by atoms with Gasteiger partial charge in [0.15, 0.2) is 0 Å². The highest BCUT2D eigenvalue weighted by Gasteiger charge is 2.22. The molecule has 1 aliphatic rings. The van der Waals surface area contributed by atoms with Gasteiger partial charge in [0, 0.05) is 45.0 Å². The molecule has 0 spiro atoms. The maximum atomic E-state index is 5.09. The number of likely N-dealkylation sites (tertiary alicyclic amines) is 1. The van der Waals surface area contributed by atoms with Gasteiger partial charge >= 0.3 is 0 Å². The molecule has 1 N–H and O–H groups in total. The van der Waals surface area contributed by atoms with Crippen LogP contribution in [0.2, 0.25) is 0 Å². The van der Waals surface area contributed by atoms with Gasteiger partial charge in [0.25, 0.3) is 0 Å². The lowest BCUT2D eigenvalue weighted by molar-refractivity contribution is 0.131. The van der Waals surface area contributed by atoms with Crippen LogP contribution in [0.1, 0.15) is 44.8 Å². The second-order valence-electron chi connectivity index (χ2n) is 6.20. The van der Waals surface area contributed by atoms with Crippen LogP contribution in [0, 0.1) is 0 Å². The van der Waals surface area contributed by atoms with Crippen LogP contribution < -0.4 is 5.32 Å². The minimum atomic E-state index is 0.437. The first-order chi connectivity index (χ1) is 10.2. The van der Waals surface area contributed by atoms with Crippen molar-refractivity contribution in [2.45, 2.75) is 51.7 Å². The lowest BCUT2D eigenvalue weighted by atomic mass is 10.0. The van der Waals surface area contributed by atoms with Gasteiger partial charge in [-0.25, -0.2) is 0 Å². The summed E-state index contributed by atoms with van der Waals surface area (Å²) < 4.78 is 7.14. The van der Waals surface area contributed by atoms with Crippen LogP contribution in [-0.2, 0) is 11.3 Å². The van der Waals surface area contributed by atoms with Gasteiger partial charge in [-0.15, -0.1) is 0 Å². The Morgan fingerprint density at radius 3 is 3.00 bits per heavy atom. The van der Waals surface area contributed by atoms with Crippen molar-refractivity contribution in [3.63, 3.8) is 0 Å². The van der Waals surface area contributed by atoms with Crippen molar-refractivity contribution in [2.24, 2.45) is 0 Å². The highest BCUT2D eigenvalue weighted by atomic mass is 16.5. The topological polar surface area (TPSA) is 42.3 Å². The molecule has 0 amide bonds. The number of hydrogen-bond acceptors (Lipinski definition) is 4. The molecule has 1 atom stereocenters. The zero-order chi connectivity index (χ0) is 15.1. The van der Waals surface area contributed by atoms with Crippen LogP contribution in [0.5, 0.6) is 0 Å². The molecule has 2 heterocycles. The standard InChI is InChI=1S/C16H30N4O/c1-14(2)20-10-7-15(18-20)13-19-9-5-4-6-16(19)12-17-8-11-21-3/h7,10,14,16-17H,4-6,8-9,11-13H2,1-3H3. The maximum absolute atomic E-state index is 5.09. The van der Waals surface area contributed by atoms with E-state index in [4.69, 9.17) is 4.74 Å². The number of piperidine rings is 1. The maximum Gasteiger partial charge on any atom is 0.0765 e. The number of rotatable bonds is 8. The van der Waals surface area contributed by atoms with E-state index in [0.29, 0.717) is 12.1 Å². The lowest BCUT2D eigenvalue weighted by Gasteiger charge is -2.35. The number of nitrogens with zero attached hydrogens (tertiary/aromatic N) is 3. The van der Waals surface area contributed by atoms with Crippen molar-refractivity contribution in [1.82, 2.24) is 20.0 Å². The Balaban J connectivity index is 1.85. The van der Waals surface area contributed by atoms with E-state index in [1.54, 1.807) is 7.11 Å². The van der Waals surface area contributed by atoms with E-state index in [9.17, 15) is 0 Å². The first-order valence-electron chi connectivity index (χ1n) is 8.18. The number of methoxy groups -OCH3 is 1. The van der Waals surface area contributed by atoms with Crippen molar-refractivity contribution in [3.8, 4) is 0 Å². The Labute approximate surface area is 128 Å². The monoisotopic (exact) mass is 294 g/mol. The third-order valence-electron chi connectivity index (χ3n) is 4.17. The fourth-order valence-corrected chi connectivity index (χ4v) is 2.90. The largest absolute Gasteiger partial charge is 0.383 e. The summed E-state index contributed by atoms with van der Waals surface area (Å²) in [6, 6.07) is 3.22. The van der Waals surface area contributed by atoms with E-state index in [2.05, 4.69) is 41.4 Å². The number of hydrogen-bond donors (Lipinski definition) is 1. The van der Waals surface area contributed by atoms with Gasteiger partial charge < -0.3 is 10.1 Å². The van der Waals surface area contributed by atoms with E-state index in [-0.39, 0.29) is 0 Å². The fourth-order valence-electron chi connectivity index (χ4n) is 2.90. The van der Waals surface area contributed by atoms with Crippen LogP contribution in [0.15, 0.2) is 12.3 Å². The van der Waals surface area contributed by atoms with Crippen molar-refractivity contribution in [2.75, 3.05) is 33.4 Å². The average Bonchev–Trinajstić information content (AvgIpc) is 2.94. The van der Waals surface area contributed by atoms with Crippen molar-refractivity contribution >= 4 is 0 Å². The Bertz CT molecular complexity index is 405. The summed E-state index contributed by atoms with van der Waals surface area (Å²) in [7, 11) is 1.75. The van der Waals surface area contributed by atoms with Gasteiger partial charge in [0.2, 0.25) is 0 Å². The van der Waals surface area contributed by atoms with Gasteiger partial charge in [0.05, 0.1) is 12.3 Å². The summed E-state index contributed by atoms with van der Waals surface area (Å²) in [6.07, 6.45) is 6.02. The molecule has 1 saturated heterocycles. The molecule has 5 nitrogen and oxygen atoms in total. The Morgan fingerprint density at radius 2 is 2.29 bits per heavy atom. The third kappa shape index (κ3) is 5.09. The number of nitrogens with one attached hydrogen (secondary N) is 1. The Kier molecular flexibility index (Phi) is 6.67. The van der Waals surface area contributed by atoms with Gasteiger partial charge in [-0.1, -0.05) is 6.42 Å². The van der Waals surface area contributed by atoms with Gasteiger partial charge in [-0.2, -0.15) is 5.10 Å². The van der Waals surface area contributed by atoms with E-state index in [1.165, 1.54) is 31.5 Å². The van der Waals surface area contributed by atoms with Crippen molar-refractivity contribution in [1.29, 1.82) is 0 Å². The molecule has 1 fully saturated rings. The summed E-state index contributed by atoms with van der Waals surface area (Å²) in [5.41, 5.74) is 1.19. The van der Waals surface area contributed by atoms with E-state index in [0.717, 1.165) is 26.2 Å². The number of aromatic nitrogens is 2. The van der Waals surface area contributed by atoms with Crippen LogP contribution in [0.3, 0.4) is 0 Å². The lowest BCUT2D eigenvalue weighted by Crippen LogP contribution is -2.45. The Hall–Kier alpha value is -0.910. The zero-order valence-electron chi connectivity index (χ0n) is 13.7. The zero-order valence-corrected chi connectivity index (χ0v) is 13.7. The summed E-state index contributed by atoms with van der Waals surface area (Å²) in [5, 5.41) is 8.19. The molecule has 0 aliphatic carbocycles. The highest BCUT2D eigenvalue weighted by molar-refractivity contribution is 5.00. The molecule has 0 saturated carbocycles. The van der Waals surface area contributed by atoms with Gasteiger partial charge in [0.1, 0.15) is 0 Å². The van der Waals surface area contributed by atoms with E-state index < -0.39 is 0 Å². The molecule has 120 valence electrons. The van der Waals surface area contributed by atoms with E-state index >= 15 is 0 Å². The molecule has 1 aliphatic heterocycles. The normalized spacial score (nSPS) is 20.3. The molecule has 21 heavy (non-hydrogen) atoms. The number of ether oxygens (including phenoxy) is 1. The quantitative estimate of drug-likeness (QED) is 0.745. The molecule has 0 bridgehead atoms. The molecular formula is C16H30N4O. The second-order valence-corrected chi connectivity index (χ2v) is 6.20. The molecular weight excluding hydrogens is 264 g/mol. The predicted octanol–water partition coefficient (Wildman–Crippen LogP) is 2.05. The predicted molar refractivity (Wildman–Crippen MR) is 85.4 cm³/mol. The highest BCUT2D eigenvalue weighted by Crippen LogP contribution is 2.19. The third-order valence-corrected chi connectivity index (χ3v) is 4.17. The molecule has 2 rings (SSSR count). The second kappa shape index (κ2) is 8.51. The minimum Gasteiger partial charge on any atom is -0.383 e.